The van der Waals surface area contributed by atoms with Gasteiger partial charge in [-0.3, -0.25) is 0 Å². The van der Waals surface area contributed by atoms with Crippen LogP contribution in [0.4, 0.5) is 0 Å². The van der Waals surface area contributed by atoms with E-state index in [1.807, 2.05) is 6.07 Å². The molecule has 2 heterocycles. The summed E-state index contributed by atoms with van der Waals surface area (Å²) in [7, 11) is 0. The number of hydrogen-bond acceptors (Lipinski definition) is 5. The molecule has 2 aliphatic heterocycles. The average Bonchev–Trinajstić information content (AvgIpc) is 3.01. The number of fused-ring (bicyclic) bond motifs is 1. The number of aromatic hydroxyl groups is 1. The monoisotopic (exact) mass is 326 g/mol. The Morgan fingerprint density at radius 1 is 1.25 bits per heavy atom. The molecule has 2 bridgehead atoms. The molecule has 5 heteroatoms. The van der Waals surface area contributed by atoms with Crippen molar-refractivity contribution in [2.24, 2.45) is 5.92 Å². The number of nitriles is 1. The molecule has 24 heavy (non-hydrogen) atoms. The number of phenols is 1. The van der Waals surface area contributed by atoms with Gasteiger partial charge in [0.15, 0.2) is 5.79 Å². The van der Waals surface area contributed by atoms with Crippen LogP contribution in [0.15, 0.2) is 12.1 Å². The Balaban J connectivity index is 1.71. The number of benzene rings is 1. The highest BCUT2D eigenvalue weighted by Gasteiger charge is 2.60. The summed E-state index contributed by atoms with van der Waals surface area (Å²) < 4.78 is 12.1. The fourth-order valence-corrected chi connectivity index (χ4v) is 5.88. The van der Waals surface area contributed by atoms with Gasteiger partial charge in [-0.15, -0.1) is 0 Å². The van der Waals surface area contributed by atoms with E-state index >= 15 is 0 Å². The molecular formula is C19H22N2O3. The van der Waals surface area contributed by atoms with Crippen LogP contribution in [0.2, 0.25) is 0 Å². The van der Waals surface area contributed by atoms with Crippen LogP contribution in [-0.2, 0) is 21.3 Å². The van der Waals surface area contributed by atoms with Gasteiger partial charge in [0.1, 0.15) is 11.8 Å². The summed E-state index contributed by atoms with van der Waals surface area (Å²) in [5.41, 5.74) is 2.41. The van der Waals surface area contributed by atoms with E-state index in [1.54, 1.807) is 6.07 Å². The van der Waals surface area contributed by atoms with Crippen LogP contribution in [0.25, 0.3) is 0 Å². The van der Waals surface area contributed by atoms with Crippen LogP contribution in [0.3, 0.4) is 0 Å². The van der Waals surface area contributed by atoms with Crippen molar-refractivity contribution >= 4 is 0 Å². The normalized spacial score (nSPS) is 36.0. The largest absolute Gasteiger partial charge is 0.506 e. The molecule has 1 spiro atoms. The third-order valence-electron chi connectivity index (χ3n) is 6.73. The number of ether oxygens (including phenoxy) is 2. The van der Waals surface area contributed by atoms with E-state index < -0.39 is 5.79 Å². The fraction of sp³-hybridized carbons (Fsp3) is 0.632. The summed E-state index contributed by atoms with van der Waals surface area (Å²) in [6.07, 6.45) is 4.63. The molecule has 2 N–H and O–H groups in total. The molecule has 2 aliphatic carbocycles. The van der Waals surface area contributed by atoms with Crippen molar-refractivity contribution in [3.05, 3.63) is 28.8 Å². The number of hydrogen-bond donors (Lipinski definition) is 2. The zero-order valence-corrected chi connectivity index (χ0v) is 13.7. The number of nitrogens with one attached hydrogen (secondary N) is 1. The van der Waals surface area contributed by atoms with E-state index in [0.29, 0.717) is 30.7 Å². The molecule has 3 fully saturated rings. The fourth-order valence-electron chi connectivity index (χ4n) is 5.88. The Hall–Kier alpha value is -1.61. The highest BCUT2D eigenvalue weighted by molar-refractivity contribution is 5.57. The minimum atomic E-state index is -0.498. The molecule has 2 saturated heterocycles. The van der Waals surface area contributed by atoms with Crippen LogP contribution in [0.1, 0.15) is 42.4 Å². The Morgan fingerprint density at radius 3 is 2.88 bits per heavy atom. The van der Waals surface area contributed by atoms with Crippen molar-refractivity contribution in [1.29, 1.82) is 5.26 Å². The lowest BCUT2D eigenvalue weighted by Crippen LogP contribution is -2.63. The van der Waals surface area contributed by atoms with Gasteiger partial charge in [0, 0.05) is 29.9 Å². The summed E-state index contributed by atoms with van der Waals surface area (Å²) in [6, 6.07) is 6.37. The predicted octanol–water partition coefficient (Wildman–Crippen LogP) is 1.96. The molecule has 1 saturated carbocycles. The van der Waals surface area contributed by atoms with Crippen LogP contribution in [0, 0.1) is 17.2 Å². The van der Waals surface area contributed by atoms with Gasteiger partial charge >= 0.3 is 0 Å². The molecule has 0 unspecified atom stereocenters. The topological polar surface area (TPSA) is 74.5 Å². The maximum Gasteiger partial charge on any atom is 0.169 e. The molecule has 1 aromatic carbocycles. The second kappa shape index (κ2) is 4.95. The first-order valence-electron chi connectivity index (χ1n) is 8.94. The number of rotatable bonds is 0. The van der Waals surface area contributed by atoms with Crippen molar-refractivity contribution in [2.75, 3.05) is 19.8 Å². The summed E-state index contributed by atoms with van der Waals surface area (Å²) in [5.74, 6) is 0.162. The highest BCUT2D eigenvalue weighted by atomic mass is 16.7. The summed E-state index contributed by atoms with van der Waals surface area (Å²) >= 11 is 0. The molecule has 5 nitrogen and oxygen atoms in total. The SMILES string of the molecule is N#Cc1ccc2c(c1O)[C@]13CCN[C@H](C2)[C@@H]1CCC1(C3)OCCO1. The number of piperidine rings is 1. The predicted molar refractivity (Wildman–Crippen MR) is 86.6 cm³/mol. The number of nitrogens with zero attached hydrogens (tertiary/aromatic N) is 1. The maximum atomic E-state index is 10.9. The van der Waals surface area contributed by atoms with Gasteiger partial charge in [0.2, 0.25) is 0 Å². The molecule has 5 rings (SSSR count). The lowest BCUT2D eigenvalue weighted by Gasteiger charge is -2.58. The van der Waals surface area contributed by atoms with Gasteiger partial charge in [-0.2, -0.15) is 5.26 Å². The smallest absolute Gasteiger partial charge is 0.169 e. The van der Waals surface area contributed by atoms with Crippen molar-refractivity contribution in [1.82, 2.24) is 5.32 Å². The summed E-state index contributed by atoms with van der Waals surface area (Å²) in [6.45, 7) is 2.24. The van der Waals surface area contributed by atoms with E-state index in [9.17, 15) is 10.4 Å². The molecule has 0 aromatic heterocycles. The molecule has 4 aliphatic rings. The third-order valence-corrected chi connectivity index (χ3v) is 6.73. The molecule has 126 valence electrons. The maximum absolute atomic E-state index is 10.9. The second-order valence-electron chi connectivity index (χ2n) is 7.71. The Morgan fingerprint density at radius 2 is 2.08 bits per heavy atom. The summed E-state index contributed by atoms with van der Waals surface area (Å²) in [4.78, 5) is 0. The highest BCUT2D eigenvalue weighted by Crippen LogP contribution is 2.59. The van der Waals surface area contributed by atoms with Gasteiger partial charge in [-0.25, -0.2) is 0 Å². The molecule has 0 radical (unpaired) electrons. The zero-order valence-electron chi connectivity index (χ0n) is 13.7. The third kappa shape index (κ3) is 1.79. The van der Waals surface area contributed by atoms with E-state index in [4.69, 9.17) is 9.47 Å². The van der Waals surface area contributed by atoms with Crippen LogP contribution in [-0.4, -0.2) is 36.7 Å². The van der Waals surface area contributed by atoms with Crippen molar-refractivity contribution in [2.45, 2.75) is 49.3 Å². The quantitative estimate of drug-likeness (QED) is 0.762. The van der Waals surface area contributed by atoms with Gasteiger partial charge in [0.05, 0.1) is 18.8 Å². The lowest BCUT2D eigenvalue weighted by molar-refractivity contribution is -0.207. The van der Waals surface area contributed by atoms with Crippen molar-refractivity contribution in [3.63, 3.8) is 0 Å². The van der Waals surface area contributed by atoms with Gasteiger partial charge in [-0.05, 0) is 43.4 Å². The molecule has 1 aromatic rings. The molecular weight excluding hydrogens is 304 g/mol. The Kier molecular flexibility index (Phi) is 3.03. The van der Waals surface area contributed by atoms with Crippen LogP contribution < -0.4 is 5.32 Å². The van der Waals surface area contributed by atoms with Gasteiger partial charge in [-0.1, -0.05) is 6.07 Å². The van der Waals surface area contributed by atoms with Crippen molar-refractivity contribution in [3.8, 4) is 11.8 Å². The summed E-state index contributed by atoms with van der Waals surface area (Å²) in [5, 5.41) is 23.9. The van der Waals surface area contributed by atoms with Gasteiger partial charge in [0.25, 0.3) is 0 Å². The zero-order chi connectivity index (χ0) is 16.4. The number of phenolic OH excluding ortho intramolecular Hbond substituents is 1. The van der Waals surface area contributed by atoms with E-state index in [1.165, 1.54) is 5.56 Å². The van der Waals surface area contributed by atoms with E-state index in [2.05, 4.69) is 11.4 Å². The van der Waals surface area contributed by atoms with E-state index in [-0.39, 0.29) is 11.2 Å². The Bertz CT molecular complexity index is 735. The molecule has 3 atom stereocenters. The van der Waals surface area contributed by atoms with Gasteiger partial charge < -0.3 is 19.9 Å². The molecule has 0 amide bonds. The van der Waals surface area contributed by atoms with Crippen LogP contribution in [0.5, 0.6) is 5.75 Å². The van der Waals surface area contributed by atoms with Crippen molar-refractivity contribution < 1.29 is 14.6 Å². The first-order chi connectivity index (χ1) is 11.7. The Labute approximate surface area is 141 Å². The van der Waals surface area contributed by atoms with Crippen LogP contribution >= 0.6 is 0 Å². The minimum absolute atomic E-state index is 0.150. The first-order valence-corrected chi connectivity index (χ1v) is 8.94. The minimum Gasteiger partial charge on any atom is -0.506 e. The second-order valence-corrected chi connectivity index (χ2v) is 7.71. The lowest BCUT2D eigenvalue weighted by atomic mass is 9.51. The average molecular weight is 326 g/mol. The van der Waals surface area contributed by atoms with E-state index in [0.717, 1.165) is 44.2 Å². The standard InChI is InChI=1S/C19H22N2O3/c20-10-13-2-1-12-9-15-14-3-4-19(23-7-8-24-19)11-18(14,5-6-21-15)16(12)17(13)22/h1-2,14-15,21-22H,3-9,11H2/t14-,15+,18-/m0/s1. The first kappa shape index (κ1) is 14.7.